The van der Waals surface area contributed by atoms with Gasteiger partial charge in [-0.3, -0.25) is 14.4 Å². The highest BCUT2D eigenvalue weighted by molar-refractivity contribution is 5.87. The van der Waals surface area contributed by atoms with Crippen LogP contribution in [0.5, 0.6) is 0 Å². The van der Waals surface area contributed by atoms with Crippen molar-refractivity contribution in [3.05, 3.63) is 84.1 Å². The second kappa shape index (κ2) is 15.0. The maximum atomic E-state index is 13.8. The number of hydrogen-bond donors (Lipinski definition) is 3. The molecule has 0 saturated carbocycles. The maximum Gasteiger partial charge on any atom is 0.309 e. The number of fused-ring (bicyclic) bond motifs is 1. The average molecular weight is 586 g/mol. The second-order valence-electron chi connectivity index (χ2n) is 11.9. The number of ether oxygens (including phenoxy) is 1. The van der Waals surface area contributed by atoms with Gasteiger partial charge in [0.1, 0.15) is 6.61 Å². The van der Waals surface area contributed by atoms with Crippen molar-refractivity contribution < 1.29 is 24.2 Å². The standard InChI is InChI=1S/C35H43N3O5/c39-23-30-15-10-18-38(30)33(40)21-26-13-6-1-2-7-14-27(19-25-11-4-3-5-12-25)35(42)43-24-29(37-34(26)41)20-28-22-36-32-17-9-8-16-31(28)32/h1,3-6,8-9,11-12,16-17,22,26-27,29-30,36,39H,2,7,10,13-15,18-21,23-24H2,(H,37,41)/t26-,27-,29+,30+/m1/s1. The van der Waals surface area contributed by atoms with Crippen molar-refractivity contribution >= 4 is 28.7 Å². The first-order valence-electron chi connectivity index (χ1n) is 15.6. The van der Waals surface area contributed by atoms with Gasteiger partial charge >= 0.3 is 5.97 Å². The summed E-state index contributed by atoms with van der Waals surface area (Å²) in [5, 5.41) is 13.9. The van der Waals surface area contributed by atoms with Crippen LogP contribution in [0.4, 0.5) is 0 Å². The Bertz CT molecular complexity index is 1400. The molecule has 2 aliphatic heterocycles. The van der Waals surface area contributed by atoms with Crippen LogP contribution in [0.1, 0.15) is 56.1 Å². The summed E-state index contributed by atoms with van der Waals surface area (Å²) in [6, 6.07) is 17.3. The van der Waals surface area contributed by atoms with E-state index in [1.54, 1.807) is 4.90 Å². The van der Waals surface area contributed by atoms with Gasteiger partial charge in [-0.05, 0) is 68.6 Å². The van der Waals surface area contributed by atoms with Crippen molar-refractivity contribution in [2.24, 2.45) is 11.8 Å². The highest BCUT2D eigenvalue weighted by atomic mass is 16.5. The third-order valence-corrected chi connectivity index (χ3v) is 8.78. The normalized spacial score (nSPS) is 24.0. The molecule has 2 aromatic carbocycles. The number of esters is 1. The Labute approximate surface area is 253 Å². The largest absolute Gasteiger partial charge is 0.463 e. The summed E-state index contributed by atoms with van der Waals surface area (Å²) in [6.45, 7) is 0.591. The maximum absolute atomic E-state index is 13.8. The lowest BCUT2D eigenvalue weighted by Crippen LogP contribution is -2.45. The van der Waals surface area contributed by atoms with Crippen LogP contribution in [0.2, 0.25) is 0 Å². The number of likely N-dealkylation sites (tertiary alicyclic amines) is 1. The SMILES string of the molecule is O=C1N[C@@H](Cc2c[nH]c3ccccc23)COC(=O)[C@@H](Cc2ccccc2)CCCC=CC[C@@H]1CC(=O)N1CCC[C@H]1CO. The third kappa shape index (κ3) is 8.14. The number of carbonyl (C=O) groups is 3. The molecule has 3 aromatic rings. The Morgan fingerprint density at radius 2 is 1.77 bits per heavy atom. The summed E-state index contributed by atoms with van der Waals surface area (Å²) in [6.07, 6.45) is 11.5. The molecule has 0 spiro atoms. The van der Waals surface area contributed by atoms with E-state index in [0.717, 1.165) is 47.7 Å². The van der Waals surface area contributed by atoms with Crippen LogP contribution in [0.3, 0.4) is 0 Å². The van der Waals surface area contributed by atoms with Crippen molar-refractivity contribution in [3.63, 3.8) is 0 Å². The number of cyclic esters (lactones) is 1. The summed E-state index contributed by atoms with van der Waals surface area (Å²) in [5.41, 5.74) is 3.12. The fourth-order valence-electron chi connectivity index (χ4n) is 6.36. The lowest BCUT2D eigenvalue weighted by atomic mass is 9.93. The zero-order valence-electron chi connectivity index (χ0n) is 24.8. The van der Waals surface area contributed by atoms with Crippen LogP contribution in [-0.4, -0.2) is 64.6 Å². The zero-order valence-corrected chi connectivity index (χ0v) is 24.8. The first-order chi connectivity index (χ1) is 21.0. The second-order valence-corrected chi connectivity index (χ2v) is 11.9. The van der Waals surface area contributed by atoms with Crippen molar-refractivity contribution in [3.8, 4) is 0 Å². The van der Waals surface area contributed by atoms with E-state index in [1.165, 1.54) is 0 Å². The molecule has 43 heavy (non-hydrogen) atoms. The Kier molecular flexibility index (Phi) is 10.7. The Morgan fingerprint density at radius 3 is 2.60 bits per heavy atom. The smallest absolute Gasteiger partial charge is 0.309 e. The topological polar surface area (TPSA) is 112 Å². The van der Waals surface area contributed by atoms with Crippen LogP contribution < -0.4 is 5.32 Å². The first-order valence-corrected chi connectivity index (χ1v) is 15.6. The molecule has 0 bridgehead atoms. The number of aliphatic hydroxyl groups is 1. The summed E-state index contributed by atoms with van der Waals surface area (Å²) < 4.78 is 5.93. The average Bonchev–Trinajstić information content (AvgIpc) is 3.67. The quantitative estimate of drug-likeness (QED) is 0.275. The summed E-state index contributed by atoms with van der Waals surface area (Å²) >= 11 is 0. The predicted octanol–water partition coefficient (Wildman–Crippen LogP) is 4.72. The molecule has 2 aliphatic rings. The zero-order chi connectivity index (χ0) is 30.0. The van der Waals surface area contributed by atoms with Crippen LogP contribution in [0.25, 0.3) is 10.9 Å². The third-order valence-electron chi connectivity index (χ3n) is 8.78. The van der Waals surface area contributed by atoms with E-state index in [9.17, 15) is 19.5 Å². The highest BCUT2D eigenvalue weighted by Gasteiger charge is 2.32. The Hall–Kier alpha value is -3.91. The number of rotatable bonds is 7. The van der Waals surface area contributed by atoms with E-state index in [4.69, 9.17) is 4.74 Å². The molecule has 8 heteroatoms. The van der Waals surface area contributed by atoms with Crippen LogP contribution in [0, 0.1) is 11.8 Å². The fraction of sp³-hybridized carbons (Fsp3) is 0.457. The molecule has 228 valence electrons. The fourth-order valence-corrected chi connectivity index (χ4v) is 6.36. The molecular weight excluding hydrogens is 542 g/mol. The van der Waals surface area contributed by atoms with Gasteiger partial charge < -0.3 is 25.0 Å². The highest BCUT2D eigenvalue weighted by Crippen LogP contribution is 2.24. The lowest BCUT2D eigenvalue weighted by Gasteiger charge is -2.27. The van der Waals surface area contributed by atoms with Gasteiger partial charge in [-0.1, -0.05) is 60.7 Å². The molecule has 0 aliphatic carbocycles. The molecule has 3 N–H and O–H groups in total. The van der Waals surface area contributed by atoms with E-state index >= 15 is 0 Å². The Balaban J connectivity index is 1.36. The minimum Gasteiger partial charge on any atom is -0.463 e. The number of nitrogens with one attached hydrogen (secondary N) is 2. The van der Waals surface area contributed by atoms with Gasteiger partial charge in [0.25, 0.3) is 0 Å². The molecular formula is C35H43N3O5. The molecule has 0 radical (unpaired) electrons. The molecule has 1 aromatic heterocycles. The molecule has 5 rings (SSSR count). The number of carbonyl (C=O) groups excluding carboxylic acids is 3. The van der Waals surface area contributed by atoms with Crippen LogP contribution >= 0.6 is 0 Å². The van der Waals surface area contributed by atoms with E-state index in [2.05, 4.69) is 16.4 Å². The van der Waals surface area contributed by atoms with Crippen molar-refractivity contribution in [1.82, 2.24) is 15.2 Å². The van der Waals surface area contributed by atoms with Gasteiger partial charge in [-0.25, -0.2) is 0 Å². The lowest BCUT2D eigenvalue weighted by molar-refractivity contribution is -0.150. The minimum absolute atomic E-state index is 0.0462. The van der Waals surface area contributed by atoms with Gasteiger partial charge in [0, 0.05) is 30.1 Å². The van der Waals surface area contributed by atoms with E-state index in [1.807, 2.05) is 66.9 Å². The summed E-state index contributed by atoms with van der Waals surface area (Å²) in [5.74, 6) is -1.41. The number of benzene rings is 2. The summed E-state index contributed by atoms with van der Waals surface area (Å²) in [4.78, 5) is 45.4. The van der Waals surface area contributed by atoms with Gasteiger partial charge in [-0.15, -0.1) is 0 Å². The van der Waals surface area contributed by atoms with Gasteiger partial charge in [-0.2, -0.15) is 0 Å². The number of amides is 2. The van der Waals surface area contributed by atoms with E-state index in [-0.39, 0.29) is 49.4 Å². The molecule has 4 atom stereocenters. The minimum atomic E-state index is -0.557. The number of nitrogens with zero attached hydrogens (tertiary/aromatic N) is 1. The van der Waals surface area contributed by atoms with Gasteiger partial charge in [0.05, 0.1) is 30.5 Å². The number of aliphatic hydroxyl groups excluding tert-OH is 1. The van der Waals surface area contributed by atoms with Gasteiger partial charge in [0.2, 0.25) is 11.8 Å². The van der Waals surface area contributed by atoms with Crippen LogP contribution in [0.15, 0.2) is 72.9 Å². The molecule has 2 amide bonds. The van der Waals surface area contributed by atoms with Gasteiger partial charge in [0.15, 0.2) is 0 Å². The van der Waals surface area contributed by atoms with Crippen LogP contribution in [-0.2, 0) is 32.0 Å². The molecule has 3 heterocycles. The summed E-state index contributed by atoms with van der Waals surface area (Å²) in [7, 11) is 0. The van der Waals surface area contributed by atoms with Crippen molar-refractivity contribution in [2.45, 2.75) is 69.9 Å². The molecule has 0 unspecified atom stereocenters. The number of H-pyrrole nitrogens is 1. The van der Waals surface area contributed by atoms with E-state index < -0.39 is 12.0 Å². The molecule has 8 nitrogen and oxygen atoms in total. The number of aromatic amines is 1. The number of para-hydroxylation sites is 1. The number of hydrogen-bond acceptors (Lipinski definition) is 5. The van der Waals surface area contributed by atoms with Crippen molar-refractivity contribution in [1.29, 1.82) is 0 Å². The Morgan fingerprint density at radius 1 is 0.953 bits per heavy atom. The number of aromatic nitrogens is 1. The molecule has 1 fully saturated rings. The van der Waals surface area contributed by atoms with Crippen molar-refractivity contribution in [2.75, 3.05) is 19.8 Å². The molecule has 1 saturated heterocycles. The predicted molar refractivity (Wildman–Crippen MR) is 166 cm³/mol. The van der Waals surface area contributed by atoms with E-state index in [0.29, 0.717) is 32.2 Å². The monoisotopic (exact) mass is 585 g/mol. The number of allylic oxidation sites excluding steroid dienone is 2. The first kappa shape index (κ1) is 30.5.